The molecule has 3 unspecified atom stereocenters. The maximum atomic E-state index is 13.9. The molecule has 2 aromatic carbocycles. The van der Waals surface area contributed by atoms with Crippen LogP contribution in [0.25, 0.3) is 10.4 Å². The van der Waals surface area contributed by atoms with Gasteiger partial charge in [0.15, 0.2) is 0 Å². The lowest BCUT2D eigenvalue weighted by Crippen LogP contribution is -2.73. The lowest BCUT2D eigenvalue weighted by molar-refractivity contribution is -0.165. The van der Waals surface area contributed by atoms with Gasteiger partial charge in [-0.1, -0.05) is 74.5 Å². The molecule has 0 radical (unpaired) electrons. The topological polar surface area (TPSA) is 141 Å². The zero-order valence-electron chi connectivity index (χ0n) is 22.4. The number of hydrogen-bond donors (Lipinski definition) is 1. The zero-order valence-corrected chi connectivity index (χ0v) is 22.4. The summed E-state index contributed by atoms with van der Waals surface area (Å²) in [6, 6.07) is 20.7. The minimum absolute atomic E-state index is 0.0545. The largest absolute Gasteiger partial charge is 0.396 e. The van der Waals surface area contributed by atoms with Gasteiger partial charge in [-0.3, -0.25) is 4.79 Å². The molecule has 2 saturated heterocycles. The molecule has 5 rings (SSSR count). The van der Waals surface area contributed by atoms with Crippen molar-refractivity contribution in [3.8, 4) is 6.07 Å². The van der Waals surface area contributed by atoms with E-state index < -0.39 is 18.1 Å². The van der Waals surface area contributed by atoms with E-state index in [1.807, 2.05) is 72.5 Å². The fourth-order valence-electron chi connectivity index (χ4n) is 5.91. The summed E-state index contributed by atoms with van der Waals surface area (Å²) in [7, 11) is 0. The van der Waals surface area contributed by atoms with E-state index in [1.165, 1.54) is 0 Å². The highest BCUT2D eigenvalue weighted by Crippen LogP contribution is 2.44. The highest BCUT2D eigenvalue weighted by molar-refractivity contribution is 5.85. The summed E-state index contributed by atoms with van der Waals surface area (Å²) in [6.45, 7) is 5.01. The van der Waals surface area contributed by atoms with Crippen molar-refractivity contribution < 1.29 is 14.4 Å². The van der Waals surface area contributed by atoms with E-state index in [2.05, 4.69) is 28.5 Å². The number of carbonyl (C=O) groups excluding carboxylic acids is 2. The van der Waals surface area contributed by atoms with Crippen molar-refractivity contribution >= 4 is 11.9 Å². The van der Waals surface area contributed by atoms with Gasteiger partial charge in [0, 0.05) is 23.9 Å². The van der Waals surface area contributed by atoms with Crippen molar-refractivity contribution in [2.24, 2.45) is 11.2 Å². The van der Waals surface area contributed by atoms with E-state index in [0.29, 0.717) is 24.5 Å². The normalized spacial score (nSPS) is 22.8. The lowest BCUT2D eigenvalue weighted by Gasteiger charge is -2.55. The Labute approximate surface area is 232 Å². The van der Waals surface area contributed by atoms with Gasteiger partial charge < -0.3 is 20.0 Å². The predicted octanol–water partition coefficient (Wildman–Crippen LogP) is 3.70. The van der Waals surface area contributed by atoms with Crippen LogP contribution in [-0.4, -0.2) is 70.1 Å². The van der Waals surface area contributed by atoms with Gasteiger partial charge in [0.1, 0.15) is 29.8 Å². The van der Waals surface area contributed by atoms with Crippen LogP contribution in [0, 0.1) is 17.2 Å². The number of nitriles is 1. The SMILES string of the molecule is CC(CN1CC2N3C(=C(ON=[N+]=[N-])C(C)[C@H]3C1=O)CN(CC#N)N2C(=O)NCc1ccccc1)c1ccccc1. The Bertz CT molecular complexity index is 1370. The van der Waals surface area contributed by atoms with E-state index in [4.69, 9.17) is 10.4 Å². The number of hydrazine groups is 1. The molecular weight excluding hydrogens is 510 g/mol. The maximum Gasteiger partial charge on any atom is 0.334 e. The number of nitrogens with zero attached hydrogens (tertiary/aromatic N) is 8. The molecule has 3 aliphatic rings. The van der Waals surface area contributed by atoms with Gasteiger partial charge in [-0.2, -0.15) is 10.3 Å². The first-order valence-corrected chi connectivity index (χ1v) is 13.2. The smallest absolute Gasteiger partial charge is 0.334 e. The molecule has 3 heterocycles. The molecule has 0 saturated carbocycles. The van der Waals surface area contributed by atoms with Gasteiger partial charge in [-0.25, -0.2) is 9.80 Å². The van der Waals surface area contributed by atoms with Crippen molar-refractivity contribution in [2.75, 3.05) is 26.2 Å². The molecule has 4 atom stereocenters. The molecule has 1 N–H and O–H groups in total. The first-order valence-electron chi connectivity index (χ1n) is 13.2. The van der Waals surface area contributed by atoms with Crippen LogP contribution >= 0.6 is 0 Å². The molecule has 0 aromatic heterocycles. The van der Waals surface area contributed by atoms with Crippen molar-refractivity contribution in [3.05, 3.63) is 93.7 Å². The highest BCUT2D eigenvalue weighted by atomic mass is 16.6. The molecule has 12 nitrogen and oxygen atoms in total. The summed E-state index contributed by atoms with van der Waals surface area (Å²) in [4.78, 5) is 39.6. The number of benzene rings is 2. The Kier molecular flexibility index (Phi) is 7.77. The van der Waals surface area contributed by atoms with Crippen LogP contribution in [0.4, 0.5) is 4.79 Å². The van der Waals surface area contributed by atoms with E-state index in [9.17, 15) is 14.9 Å². The molecule has 2 fully saturated rings. The van der Waals surface area contributed by atoms with Crippen LogP contribution in [0.5, 0.6) is 0 Å². The Hall–Kier alpha value is -4.72. The van der Waals surface area contributed by atoms with Gasteiger partial charge in [0.05, 0.1) is 24.9 Å². The molecule has 40 heavy (non-hydrogen) atoms. The van der Waals surface area contributed by atoms with Crippen LogP contribution in [0.1, 0.15) is 30.9 Å². The third-order valence-electron chi connectivity index (χ3n) is 7.76. The molecule has 12 heteroatoms. The average Bonchev–Trinajstić information content (AvgIpc) is 3.25. The third kappa shape index (κ3) is 5.00. The monoisotopic (exact) mass is 541 g/mol. The van der Waals surface area contributed by atoms with Gasteiger partial charge in [0.25, 0.3) is 0 Å². The molecule has 3 aliphatic heterocycles. The van der Waals surface area contributed by atoms with Crippen molar-refractivity contribution in [1.82, 2.24) is 25.1 Å². The minimum atomic E-state index is -0.644. The van der Waals surface area contributed by atoms with Gasteiger partial charge in [0.2, 0.25) is 5.91 Å². The predicted molar refractivity (Wildman–Crippen MR) is 145 cm³/mol. The number of azide groups is 1. The first-order chi connectivity index (χ1) is 19.4. The maximum absolute atomic E-state index is 13.9. The molecular formula is C28H31N9O3. The standard InChI is InChI=1S/C28H31N9O3/c1-19(22-11-7-4-8-12-22)16-34-18-24-36-23(26(40-33-32-30)20(2)25(36)27(34)38)17-35(14-13-29)37(24)28(39)31-15-21-9-5-3-6-10-21/h3-12,19-20,24-25H,14-18H2,1-2H3,(H,31,39)/t19?,20?,24?,25-/m0/s1. The fourth-order valence-corrected chi connectivity index (χ4v) is 5.91. The average molecular weight is 542 g/mol. The van der Waals surface area contributed by atoms with E-state index in [0.717, 1.165) is 11.1 Å². The minimum Gasteiger partial charge on any atom is -0.396 e. The number of urea groups is 1. The molecule has 3 amide bonds. The van der Waals surface area contributed by atoms with E-state index >= 15 is 0 Å². The first kappa shape index (κ1) is 26.9. The summed E-state index contributed by atoms with van der Waals surface area (Å²) in [5.74, 6) is -0.0751. The van der Waals surface area contributed by atoms with Crippen molar-refractivity contribution in [1.29, 1.82) is 5.26 Å². The van der Waals surface area contributed by atoms with Crippen LogP contribution in [0.2, 0.25) is 0 Å². The summed E-state index contributed by atoms with van der Waals surface area (Å²) in [5, 5.41) is 19.2. The number of amides is 3. The highest BCUT2D eigenvalue weighted by Gasteiger charge is 2.57. The van der Waals surface area contributed by atoms with E-state index in [-0.39, 0.29) is 37.5 Å². The fraction of sp³-hybridized carbons (Fsp3) is 0.393. The number of piperazine rings is 1. The van der Waals surface area contributed by atoms with Crippen molar-refractivity contribution in [2.45, 2.75) is 38.5 Å². The number of hydrogen-bond acceptors (Lipinski definition) is 7. The number of rotatable bonds is 8. The van der Waals surface area contributed by atoms with E-state index in [1.54, 1.807) is 14.9 Å². The summed E-state index contributed by atoms with van der Waals surface area (Å²) < 4.78 is 0. The Morgan fingerprint density at radius 3 is 2.60 bits per heavy atom. The molecule has 0 bridgehead atoms. The van der Waals surface area contributed by atoms with Crippen molar-refractivity contribution in [3.63, 3.8) is 0 Å². The second-order valence-corrected chi connectivity index (χ2v) is 10.2. The quantitative estimate of drug-likeness (QED) is 0.178. The summed E-state index contributed by atoms with van der Waals surface area (Å²) >= 11 is 0. The van der Waals surface area contributed by atoms with Crippen LogP contribution in [0.3, 0.4) is 0 Å². The van der Waals surface area contributed by atoms with Gasteiger partial charge in [-0.15, -0.1) is 0 Å². The Morgan fingerprint density at radius 1 is 1.23 bits per heavy atom. The van der Waals surface area contributed by atoms with Crippen LogP contribution in [-0.2, 0) is 16.2 Å². The third-order valence-corrected chi connectivity index (χ3v) is 7.76. The van der Waals surface area contributed by atoms with Crippen LogP contribution < -0.4 is 5.32 Å². The summed E-state index contributed by atoms with van der Waals surface area (Å²) in [5.41, 5.74) is 11.6. The number of nitrogens with one attached hydrogen (secondary N) is 1. The van der Waals surface area contributed by atoms with Gasteiger partial charge >= 0.3 is 6.03 Å². The second kappa shape index (κ2) is 11.6. The Balaban J connectivity index is 1.49. The molecule has 0 aliphatic carbocycles. The molecule has 0 spiro atoms. The molecule has 206 valence electrons. The zero-order chi connectivity index (χ0) is 28.2. The van der Waals surface area contributed by atoms with Crippen LogP contribution in [0.15, 0.2) is 77.4 Å². The lowest BCUT2D eigenvalue weighted by atomic mass is 9.96. The second-order valence-electron chi connectivity index (χ2n) is 10.2. The number of carbonyl (C=O) groups is 2. The summed E-state index contributed by atoms with van der Waals surface area (Å²) in [6.07, 6.45) is -0.590. The molecule has 2 aromatic rings. The van der Waals surface area contributed by atoms with Gasteiger partial charge in [-0.05, 0) is 22.6 Å². The Morgan fingerprint density at radius 2 is 1.93 bits per heavy atom.